The molecule has 0 saturated carbocycles. The number of rotatable bonds is 7. The average molecular weight is 316 g/mol. The van der Waals surface area contributed by atoms with E-state index in [2.05, 4.69) is 42.9 Å². The molecule has 0 spiro atoms. The summed E-state index contributed by atoms with van der Waals surface area (Å²) in [6.45, 7) is 8.88. The van der Waals surface area contributed by atoms with Crippen molar-refractivity contribution < 1.29 is 4.48 Å². The van der Waals surface area contributed by atoms with E-state index in [9.17, 15) is 0 Å². The van der Waals surface area contributed by atoms with Crippen LogP contribution in [0.3, 0.4) is 0 Å². The fourth-order valence-corrected chi connectivity index (χ4v) is 3.70. The Balaban J connectivity index is 1.75. The molecule has 0 aromatic carbocycles. The third-order valence-electron chi connectivity index (χ3n) is 5.36. The minimum absolute atomic E-state index is 0.779. The molecule has 0 radical (unpaired) electrons. The van der Waals surface area contributed by atoms with Crippen molar-refractivity contribution in [2.24, 2.45) is 0 Å². The zero-order valence-electron chi connectivity index (χ0n) is 14.7. The van der Waals surface area contributed by atoms with Gasteiger partial charge in [0.05, 0.1) is 38.7 Å². The van der Waals surface area contributed by atoms with Crippen LogP contribution in [0.25, 0.3) is 5.52 Å². The van der Waals surface area contributed by atoms with Crippen LogP contribution in [-0.2, 0) is 12.8 Å². The lowest BCUT2D eigenvalue weighted by molar-refractivity contribution is -0.906. The van der Waals surface area contributed by atoms with Crippen molar-refractivity contribution in [2.75, 3.05) is 44.3 Å². The summed E-state index contributed by atoms with van der Waals surface area (Å²) in [5.41, 5.74) is 10.9. The summed E-state index contributed by atoms with van der Waals surface area (Å²) >= 11 is 0. The second-order valence-corrected chi connectivity index (χ2v) is 7.03. The predicted molar refractivity (Wildman–Crippen MR) is 96.9 cm³/mol. The number of anilines is 2. The van der Waals surface area contributed by atoms with Gasteiger partial charge in [-0.25, -0.2) is 4.52 Å². The molecule has 1 unspecified atom stereocenters. The molecule has 3 N–H and O–H groups in total. The van der Waals surface area contributed by atoms with Gasteiger partial charge >= 0.3 is 0 Å². The Labute approximate surface area is 139 Å². The quantitative estimate of drug-likeness (QED) is 0.772. The maximum atomic E-state index is 6.32. The highest BCUT2D eigenvalue weighted by Gasteiger charge is 2.20. The van der Waals surface area contributed by atoms with Gasteiger partial charge in [-0.15, -0.1) is 5.10 Å². The first-order chi connectivity index (χ1) is 11.1. The Morgan fingerprint density at radius 3 is 2.83 bits per heavy atom. The smallest absolute Gasteiger partial charge is 0.172 e. The first-order valence-corrected chi connectivity index (χ1v) is 8.94. The molecular weight excluding hydrogens is 286 g/mol. The molecule has 2 aromatic heterocycles. The van der Waals surface area contributed by atoms with Gasteiger partial charge in [0.25, 0.3) is 0 Å². The highest BCUT2D eigenvalue weighted by Crippen LogP contribution is 2.29. The molecule has 126 valence electrons. The highest BCUT2D eigenvalue weighted by atomic mass is 15.3. The third-order valence-corrected chi connectivity index (χ3v) is 5.36. The molecule has 5 heteroatoms. The molecule has 0 bridgehead atoms. The SMILES string of the molecule is CCC[N+](C)(CC)CCNc1nn2c3c(ccc2c1N)CCC3. The maximum Gasteiger partial charge on any atom is 0.172 e. The fraction of sp³-hybridized carbons (Fsp3) is 0.611. The van der Waals surface area contributed by atoms with E-state index in [1.54, 1.807) is 0 Å². The van der Waals surface area contributed by atoms with Crippen LogP contribution in [0, 0.1) is 0 Å². The van der Waals surface area contributed by atoms with Crippen LogP contribution in [-0.4, -0.2) is 47.3 Å². The van der Waals surface area contributed by atoms with Gasteiger partial charge in [-0.2, -0.15) is 0 Å². The monoisotopic (exact) mass is 316 g/mol. The molecule has 0 aliphatic heterocycles. The summed E-state index contributed by atoms with van der Waals surface area (Å²) in [5.74, 6) is 0.837. The van der Waals surface area contributed by atoms with E-state index in [0.29, 0.717) is 0 Å². The summed E-state index contributed by atoms with van der Waals surface area (Å²) in [5, 5.41) is 8.22. The fourth-order valence-electron chi connectivity index (χ4n) is 3.70. The van der Waals surface area contributed by atoms with Crippen molar-refractivity contribution in [2.45, 2.75) is 39.5 Å². The zero-order valence-corrected chi connectivity index (χ0v) is 14.7. The summed E-state index contributed by atoms with van der Waals surface area (Å²) in [6.07, 6.45) is 4.71. The van der Waals surface area contributed by atoms with Crippen LogP contribution in [0.1, 0.15) is 37.9 Å². The van der Waals surface area contributed by atoms with Crippen molar-refractivity contribution in [3.8, 4) is 0 Å². The van der Waals surface area contributed by atoms with Crippen molar-refractivity contribution in [3.05, 3.63) is 23.4 Å². The Morgan fingerprint density at radius 2 is 2.09 bits per heavy atom. The first-order valence-electron chi connectivity index (χ1n) is 8.94. The molecule has 2 aromatic rings. The van der Waals surface area contributed by atoms with E-state index in [-0.39, 0.29) is 0 Å². The predicted octanol–water partition coefficient (Wildman–Crippen LogP) is 2.69. The number of aromatic nitrogens is 2. The topological polar surface area (TPSA) is 55.4 Å². The van der Waals surface area contributed by atoms with E-state index in [0.717, 1.165) is 54.0 Å². The molecule has 0 saturated heterocycles. The van der Waals surface area contributed by atoms with Crippen LogP contribution >= 0.6 is 0 Å². The zero-order chi connectivity index (χ0) is 16.4. The van der Waals surface area contributed by atoms with Gasteiger partial charge in [-0.05, 0) is 44.2 Å². The van der Waals surface area contributed by atoms with Gasteiger partial charge in [-0.1, -0.05) is 13.0 Å². The Kier molecular flexibility index (Phi) is 4.48. The lowest BCUT2D eigenvalue weighted by atomic mass is 10.2. The van der Waals surface area contributed by atoms with Gasteiger partial charge in [0.1, 0.15) is 5.69 Å². The van der Waals surface area contributed by atoms with Crippen molar-refractivity contribution in [1.82, 2.24) is 9.61 Å². The first kappa shape index (κ1) is 16.1. The van der Waals surface area contributed by atoms with Crippen LogP contribution in [0.5, 0.6) is 0 Å². The van der Waals surface area contributed by atoms with Gasteiger partial charge < -0.3 is 15.5 Å². The van der Waals surface area contributed by atoms with E-state index in [1.165, 1.54) is 30.6 Å². The van der Waals surface area contributed by atoms with Gasteiger partial charge in [0.15, 0.2) is 5.82 Å². The second kappa shape index (κ2) is 6.40. The molecule has 1 aliphatic carbocycles. The number of nitrogens with zero attached hydrogens (tertiary/aromatic N) is 3. The maximum absolute atomic E-state index is 6.32. The molecule has 0 amide bonds. The number of nitrogen functional groups attached to an aromatic ring is 1. The van der Waals surface area contributed by atoms with E-state index in [4.69, 9.17) is 10.8 Å². The number of likely N-dealkylation sites (N-methyl/N-ethyl adjacent to an activating group) is 1. The van der Waals surface area contributed by atoms with Crippen LogP contribution in [0.4, 0.5) is 11.5 Å². The largest absolute Gasteiger partial charge is 0.394 e. The standard InChI is InChI=1S/C18H30N5/c1-4-12-23(3,5-2)13-11-20-18-17(19)16-10-9-14-7-6-8-15(14)22(16)21-18/h9-10H,4-8,11-13,19H2,1-3H3,(H,20,21)/q+1. The van der Waals surface area contributed by atoms with Gasteiger partial charge in [-0.3, -0.25) is 0 Å². The van der Waals surface area contributed by atoms with Crippen LogP contribution in [0.2, 0.25) is 0 Å². The minimum atomic E-state index is 0.779. The van der Waals surface area contributed by atoms with Gasteiger partial charge in [0.2, 0.25) is 0 Å². The Morgan fingerprint density at radius 1 is 1.26 bits per heavy atom. The minimum Gasteiger partial charge on any atom is -0.394 e. The lowest BCUT2D eigenvalue weighted by Gasteiger charge is -2.33. The van der Waals surface area contributed by atoms with E-state index < -0.39 is 0 Å². The number of pyridine rings is 1. The summed E-state index contributed by atoms with van der Waals surface area (Å²) in [6, 6.07) is 4.33. The number of hydrogen-bond donors (Lipinski definition) is 2. The number of aryl methyl sites for hydroxylation is 2. The van der Waals surface area contributed by atoms with E-state index >= 15 is 0 Å². The molecule has 3 rings (SSSR count). The number of quaternary nitrogens is 1. The number of nitrogens with one attached hydrogen (secondary N) is 1. The van der Waals surface area contributed by atoms with Gasteiger partial charge in [0, 0.05) is 5.69 Å². The number of hydrogen-bond acceptors (Lipinski definition) is 3. The van der Waals surface area contributed by atoms with E-state index in [1.807, 2.05) is 0 Å². The highest BCUT2D eigenvalue weighted by molar-refractivity contribution is 5.81. The summed E-state index contributed by atoms with van der Waals surface area (Å²) in [7, 11) is 2.32. The summed E-state index contributed by atoms with van der Waals surface area (Å²) in [4.78, 5) is 0. The Hall–Kier alpha value is -1.75. The summed E-state index contributed by atoms with van der Waals surface area (Å²) < 4.78 is 3.14. The van der Waals surface area contributed by atoms with Crippen molar-refractivity contribution in [1.29, 1.82) is 0 Å². The number of fused-ring (bicyclic) bond motifs is 3. The molecule has 1 atom stereocenters. The molecular formula is C18H30N5+. The molecule has 0 fully saturated rings. The normalized spacial score (nSPS) is 16.5. The lowest BCUT2D eigenvalue weighted by Crippen LogP contribution is -2.47. The van der Waals surface area contributed by atoms with Crippen LogP contribution < -0.4 is 11.1 Å². The van der Waals surface area contributed by atoms with Crippen LogP contribution in [0.15, 0.2) is 12.1 Å². The molecule has 5 nitrogen and oxygen atoms in total. The molecule has 1 aliphatic rings. The van der Waals surface area contributed by atoms with Crippen molar-refractivity contribution >= 4 is 17.0 Å². The second-order valence-electron chi connectivity index (χ2n) is 7.03. The Bertz CT molecular complexity index is 690. The third kappa shape index (κ3) is 3.02. The molecule has 23 heavy (non-hydrogen) atoms. The average Bonchev–Trinajstić information content (AvgIpc) is 3.13. The molecule has 2 heterocycles. The number of nitrogens with two attached hydrogens (primary N) is 1. The van der Waals surface area contributed by atoms with Crippen molar-refractivity contribution in [3.63, 3.8) is 0 Å².